The highest BCUT2D eigenvalue weighted by Crippen LogP contribution is 2.10. The van der Waals surface area contributed by atoms with Gasteiger partial charge in [-0.2, -0.15) is 0 Å². The number of aromatic nitrogens is 1. The second-order valence-electron chi connectivity index (χ2n) is 3.82. The van der Waals surface area contributed by atoms with Crippen molar-refractivity contribution in [2.75, 3.05) is 13.1 Å². The third-order valence-corrected chi connectivity index (χ3v) is 3.10. The Morgan fingerprint density at radius 3 is 2.78 bits per heavy atom. The Bertz CT molecular complexity index is 419. The van der Waals surface area contributed by atoms with E-state index in [1.165, 1.54) is 16.2 Å². The van der Waals surface area contributed by atoms with E-state index in [9.17, 15) is 9.59 Å². The number of hydrogen-bond acceptors (Lipinski definition) is 4. The van der Waals surface area contributed by atoms with Crippen LogP contribution >= 0.6 is 11.3 Å². The summed E-state index contributed by atoms with van der Waals surface area (Å²) in [6, 6.07) is -0.356. The van der Waals surface area contributed by atoms with Gasteiger partial charge >= 0.3 is 12.0 Å². The van der Waals surface area contributed by atoms with Gasteiger partial charge in [-0.3, -0.25) is 4.79 Å². The van der Waals surface area contributed by atoms with Gasteiger partial charge in [-0.1, -0.05) is 6.92 Å². The van der Waals surface area contributed by atoms with Crippen LogP contribution in [0.1, 0.15) is 23.2 Å². The summed E-state index contributed by atoms with van der Waals surface area (Å²) in [5.74, 6) is -1.01. The molecule has 0 aliphatic heterocycles. The summed E-state index contributed by atoms with van der Waals surface area (Å²) in [5, 5.41) is 12.4. The lowest BCUT2D eigenvalue weighted by molar-refractivity contribution is -0.137. The van der Waals surface area contributed by atoms with E-state index in [1.54, 1.807) is 6.20 Å². The van der Waals surface area contributed by atoms with Crippen LogP contribution in [0.25, 0.3) is 0 Å². The molecular formula is C11H17N3O3S. The maximum absolute atomic E-state index is 11.8. The Morgan fingerprint density at radius 2 is 2.28 bits per heavy atom. The Hall–Kier alpha value is -1.63. The molecule has 0 unspecified atom stereocenters. The molecule has 1 aromatic rings. The van der Waals surface area contributed by atoms with Crippen LogP contribution in [0.5, 0.6) is 0 Å². The first kappa shape index (κ1) is 14.4. The third-order valence-electron chi connectivity index (χ3n) is 2.19. The summed E-state index contributed by atoms with van der Waals surface area (Å²) in [6.45, 7) is 4.32. The van der Waals surface area contributed by atoms with E-state index in [4.69, 9.17) is 5.11 Å². The molecule has 18 heavy (non-hydrogen) atoms. The van der Waals surface area contributed by atoms with Gasteiger partial charge in [0.15, 0.2) is 0 Å². The monoisotopic (exact) mass is 271 g/mol. The first-order valence-electron chi connectivity index (χ1n) is 5.68. The van der Waals surface area contributed by atoms with Crippen LogP contribution in [-0.2, 0) is 11.3 Å². The fraction of sp³-hybridized carbons (Fsp3) is 0.545. The number of carboxylic acids is 1. The largest absolute Gasteiger partial charge is 0.480 e. The van der Waals surface area contributed by atoms with Gasteiger partial charge in [-0.15, -0.1) is 11.3 Å². The van der Waals surface area contributed by atoms with Gasteiger partial charge < -0.3 is 15.3 Å². The van der Waals surface area contributed by atoms with Gasteiger partial charge in [0.1, 0.15) is 6.54 Å². The molecule has 0 atom stereocenters. The van der Waals surface area contributed by atoms with E-state index < -0.39 is 5.97 Å². The van der Waals surface area contributed by atoms with Gasteiger partial charge in [0.05, 0.1) is 11.6 Å². The highest BCUT2D eigenvalue weighted by Gasteiger charge is 2.15. The maximum atomic E-state index is 11.8. The number of hydrogen-bond donors (Lipinski definition) is 2. The minimum absolute atomic E-state index is 0.276. The van der Waals surface area contributed by atoms with Gasteiger partial charge in [0, 0.05) is 17.6 Å². The highest BCUT2D eigenvalue weighted by molar-refractivity contribution is 7.11. The van der Waals surface area contributed by atoms with E-state index in [2.05, 4.69) is 10.3 Å². The van der Waals surface area contributed by atoms with E-state index in [0.717, 1.165) is 16.3 Å². The summed E-state index contributed by atoms with van der Waals surface area (Å²) in [5.41, 5.74) is 0. The Balaban J connectivity index is 2.48. The van der Waals surface area contributed by atoms with E-state index in [0.29, 0.717) is 13.1 Å². The lowest BCUT2D eigenvalue weighted by Crippen LogP contribution is -2.42. The minimum atomic E-state index is -1.01. The van der Waals surface area contributed by atoms with Gasteiger partial charge in [0.25, 0.3) is 0 Å². The van der Waals surface area contributed by atoms with Crippen molar-refractivity contribution in [1.82, 2.24) is 15.2 Å². The van der Waals surface area contributed by atoms with Crippen molar-refractivity contribution in [3.63, 3.8) is 0 Å². The highest BCUT2D eigenvalue weighted by atomic mass is 32.1. The number of nitrogens with zero attached hydrogens (tertiary/aromatic N) is 2. The predicted octanol–water partition coefficient (Wildman–Crippen LogP) is 1.46. The Labute approximate surface area is 110 Å². The van der Waals surface area contributed by atoms with Crippen molar-refractivity contribution >= 4 is 23.3 Å². The van der Waals surface area contributed by atoms with Crippen molar-refractivity contribution in [2.45, 2.75) is 26.8 Å². The van der Waals surface area contributed by atoms with Crippen molar-refractivity contribution in [3.8, 4) is 0 Å². The summed E-state index contributed by atoms with van der Waals surface area (Å²) < 4.78 is 0. The summed E-state index contributed by atoms with van der Waals surface area (Å²) >= 11 is 1.51. The molecule has 0 saturated heterocycles. The van der Waals surface area contributed by atoms with Crippen LogP contribution in [0, 0.1) is 6.92 Å². The molecule has 0 aliphatic rings. The number of thiazole rings is 1. The number of amides is 2. The molecule has 100 valence electrons. The van der Waals surface area contributed by atoms with Crippen LogP contribution in [0.15, 0.2) is 6.20 Å². The Morgan fingerprint density at radius 1 is 1.56 bits per heavy atom. The van der Waals surface area contributed by atoms with Crippen molar-refractivity contribution in [1.29, 1.82) is 0 Å². The second kappa shape index (κ2) is 6.95. The Kier molecular flexibility index (Phi) is 5.57. The molecule has 0 spiro atoms. The van der Waals surface area contributed by atoms with Gasteiger partial charge in [-0.25, -0.2) is 9.78 Å². The number of rotatable bonds is 6. The molecule has 0 bridgehead atoms. The number of nitrogens with one attached hydrogen (secondary N) is 1. The molecule has 2 amide bonds. The summed E-state index contributed by atoms with van der Waals surface area (Å²) in [6.07, 6.45) is 2.43. The summed E-state index contributed by atoms with van der Waals surface area (Å²) in [7, 11) is 0. The predicted molar refractivity (Wildman–Crippen MR) is 68.6 cm³/mol. The zero-order valence-corrected chi connectivity index (χ0v) is 11.3. The molecule has 1 heterocycles. The number of carboxylic acid groups (broad SMARTS) is 1. The molecule has 1 aromatic heterocycles. The second-order valence-corrected chi connectivity index (χ2v) is 5.14. The normalized spacial score (nSPS) is 10.1. The van der Waals surface area contributed by atoms with Crippen molar-refractivity contribution in [3.05, 3.63) is 16.1 Å². The molecule has 6 nitrogen and oxygen atoms in total. The molecule has 7 heteroatoms. The SMILES string of the molecule is CCCN(CC(=O)O)C(=O)NCc1cnc(C)s1. The smallest absolute Gasteiger partial charge is 0.323 e. The zero-order chi connectivity index (χ0) is 13.5. The molecule has 0 aromatic carbocycles. The van der Waals surface area contributed by atoms with Gasteiger partial charge in [-0.05, 0) is 13.3 Å². The topological polar surface area (TPSA) is 82.5 Å². The third kappa shape index (κ3) is 4.70. The number of carbonyl (C=O) groups excluding carboxylic acids is 1. The van der Waals surface area contributed by atoms with Crippen molar-refractivity contribution < 1.29 is 14.7 Å². The molecule has 1 rings (SSSR count). The standard InChI is InChI=1S/C11H17N3O3S/c1-3-4-14(7-10(15)16)11(17)13-6-9-5-12-8(2)18-9/h5H,3-4,6-7H2,1-2H3,(H,13,17)(H,15,16). The number of aryl methyl sites for hydroxylation is 1. The maximum Gasteiger partial charge on any atom is 0.323 e. The average molecular weight is 271 g/mol. The summed E-state index contributed by atoms with van der Waals surface area (Å²) in [4.78, 5) is 28.7. The first-order valence-corrected chi connectivity index (χ1v) is 6.50. The number of urea groups is 1. The quantitative estimate of drug-likeness (QED) is 0.820. The fourth-order valence-electron chi connectivity index (χ4n) is 1.45. The molecule has 0 aliphatic carbocycles. The van der Waals surface area contributed by atoms with Crippen LogP contribution in [0.2, 0.25) is 0 Å². The number of aliphatic carboxylic acids is 1. The fourth-order valence-corrected chi connectivity index (χ4v) is 2.18. The minimum Gasteiger partial charge on any atom is -0.480 e. The van der Waals surface area contributed by atoms with Crippen LogP contribution in [0.4, 0.5) is 4.79 Å². The number of carbonyl (C=O) groups is 2. The molecule has 2 N–H and O–H groups in total. The van der Waals surface area contributed by atoms with E-state index >= 15 is 0 Å². The lowest BCUT2D eigenvalue weighted by atomic mass is 10.4. The van der Waals surface area contributed by atoms with Gasteiger partial charge in [0.2, 0.25) is 0 Å². The van der Waals surface area contributed by atoms with E-state index in [-0.39, 0.29) is 12.6 Å². The van der Waals surface area contributed by atoms with Crippen LogP contribution in [0.3, 0.4) is 0 Å². The van der Waals surface area contributed by atoms with Crippen LogP contribution in [-0.4, -0.2) is 40.1 Å². The van der Waals surface area contributed by atoms with Crippen molar-refractivity contribution in [2.24, 2.45) is 0 Å². The lowest BCUT2D eigenvalue weighted by Gasteiger charge is -2.20. The first-order chi connectivity index (χ1) is 8.52. The molecular weight excluding hydrogens is 254 g/mol. The van der Waals surface area contributed by atoms with Crippen LogP contribution < -0.4 is 5.32 Å². The zero-order valence-electron chi connectivity index (χ0n) is 10.5. The molecule has 0 saturated carbocycles. The van der Waals surface area contributed by atoms with E-state index in [1.807, 2.05) is 13.8 Å². The molecule has 0 fully saturated rings. The average Bonchev–Trinajstić information content (AvgIpc) is 2.71. The molecule has 0 radical (unpaired) electrons.